The molecule has 1 heterocycles. The molecule has 0 unspecified atom stereocenters. The second-order valence-corrected chi connectivity index (χ2v) is 3.75. The van der Waals surface area contributed by atoms with E-state index in [1.54, 1.807) is 0 Å². The Hall–Kier alpha value is -2.14. The molecular formula is C12H7ClFNO3. The number of halogens is 2. The first-order chi connectivity index (χ1) is 8.56. The second-order valence-electron chi connectivity index (χ2n) is 3.34. The van der Waals surface area contributed by atoms with Crippen LogP contribution in [0.1, 0.15) is 10.5 Å². The lowest BCUT2D eigenvalue weighted by molar-refractivity contribution is 0.0690. The molecule has 0 radical (unpaired) electrons. The molecule has 2 rings (SSSR count). The summed E-state index contributed by atoms with van der Waals surface area (Å²) in [7, 11) is 0. The van der Waals surface area contributed by atoms with Crippen LogP contribution >= 0.6 is 11.6 Å². The van der Waals surface area contributed by atoms with E-state index in [4.69, 9.17) is 21.4 Å². The number of carbonyl (C=O) groups is 1. The summed E-state index contributed by atoms with van der Waals surface area (Å²) >= 11 is 5.66. The maximum atomic E-state index is 12.9. The third-order valence-electron chi connectivity index (χ3n) is 2.04. The van der Waals surface area contributed by atoms with Gasteiger partial charge in [-0.1, -0.05) is 17.7 Å². The molecule has 0 aliphatic heterocycles. The van der Waals surface area contributed by atoms with Gasteiger partial charge in [-0.25, -0.2) is 14.2 Å². The highest BCUT2D eigenvalue weighted by Gasteiger charge is 2.12. The molecule has 4 nitrogen and oxygen atoms in total. The van der Waals surface area contributed by atoms with Crippen molar-refractivity contribution in [2.24, 2.45) is 0 Å². The standard InChI is InChI=1S/C12H7ClFNO3/c13-9-4-5-10(15-11(9)12(16)17)18-8-3-1-2-7(14)6-8/h1-6H,(H,16,17). The molecule has 0 bridgehead atoms. The van der Waals surface area contributed by atoms with Gasteiger partial charge in [-0.2, -0.15) is 0 Å². The van der Waals surface area contributed by atoms with E-state index in [0.29, 0.717) is 0 Å². The van der Waals surface area contributed by atoms with Gasteiger partial charge in [0.05, 0.1) is 5.02 Å². The van der Waals surface area contributed by atoms with E-state index in [0.717, 1.165) is 6.07 Å². The third kappa shape index (κ3) is 2.75. The maximum absolute atomic E-state index is 12.9. The van der Waals surface area contributed by atoms with Crippen LogP contribution in [-0.2, 0) is 0 Å². The summed E-state index contributed by atoms with van der Waals surface area (Å²) in [6.45, 7) is 0. The molecule has 1 aromatic heterocycles. The van der Waals surface area contributed by atoms with Crippen LogP contribution in [0.25, 0.3) is 0 Å². The summed E-state index contributed by atoms with van der Waals surface area (Å²) in [6, 6.07) is 8.19. The zero-order valence-corrected chi connectivity index (χ0v) is 9.69. The molecule has 0 amide bonds. The predicted octanol–water partition coefficient (Wildman–Crippen LogP) is 3.36. The van der Waals surface area contributed by atoms with Gasteiger partial charge in [-0.05, 0) is 18.2 Å². The van der Waals surface area contributed by atoms with Crippen molar-refractivity contribution in [3.05, 3.63) is 52.9 Å². The van der Waals surface area contributed by atoms with Crippen molar-refractivity contribution in [1.29, 1.82) is 0 Å². The predicted molar refractivity (Wildman–Crippen MR) is 62.7 cm³/mol. The van der Waals surface area contributed by atoms with Gasteiger partial charge in [-0.15, -0.1) is 0 Å². The van der Waals surface area contributed by atoms with Gasteiger partial charge in [0.25, 0.3) is 0 Å². The minimum Gasteiger partial charge on any atom is -0.476 e. The minimum atomic E-state index is -1.26. The van der Waals surface area contributed by atoms with Gasteiger partial charge in [-0.3, -0.25) is 0 Å². The van der Waals surface area contributed by atoms with Gasteiger partial charge in [0.15, 0.2) is 5.69 Å². The summed E-state index contributed by atoms with van der Waals surface area (Å²) in [4.78, 5) is 14.5. The topological polar surface area (TPSA) is 59.4 Å². The average Bonchev–Trinajstić information content (AvgIpc) is 2.31. The van der Waals surface area contributed by atoms with E-state index in [9.17, 15) is 9.18 Å². The molecule has 6 heteroatoms. The SMILES string of the molecule is O=C(O)c1nc(Oc2cccc(F)c2)ccc1Cl. The minimum absolute atomic E-state index is 0.00842. The quantitative estimate of drug-likeness (QED) is 0.926. The number of ether oxygens (including phenoxy) is 1. The summed E-state index contributed by atoms with van der Waals surface area (Å²) in [5, 5.41) is 8.85. The number of rotatable bonds is 3. The van der Waals surface area contributed by atoms with E-state index in [1.165, 1.54) is 30.3 Å². The van der Waals surface area contributed by atoms with Crippen LogP contribution in [0, 0.1) is 5.82 Å². The van der Waals surface area contributed by atoms with Crippen LogP contribution in [0.2, 0.25) is 5.02 Å². The molecule has 0 saturated heterocycles. The van der Waals surface area contributed by atoms with Crippen molar-refractivity contribution in [1.82, 2.24) is 4.98 Å². The molecule has 0 fully saturated rings. The summed E-state index contributed by atoms with van der Waals surface area (Å²) in [5.74, 6) is -1.46. The molecule has 92 valence electrons. The number of hydrogen-bond donors (Lipinski definition) is 1. The highest BCUT2D eigenvalue weighted by atomic mass is 35.5. The fourth-order valence-electron chi connectivity index (χ4n) is 1.28. The van der Waals surface area contributed by atoms with E-state index in [1.807, 2.05) is 0 Å². The highest BCUT2D eigenvalue weighted by Crippen LogP contribution is 2.23. The van der Waals surface area contributed by atoms with Crippen molar-refractivity contribution in [3.63, 3.8) is 0 Å². The zero-order chi connectivity index (χ0) is 13.1. The first-order valence-corrected chi connectivity index (χ1v) is 5.27. The lowest BCUT2D eigenvalue weighted by Crippen LogP contribution is -2.02. The molecule has 0 saturated carbocycles. The number of aromatic nitrogens is 1. The van der Waals surface area contributed by atoms with Crippen LogP contribution in [0.4, 0.5) is 4.39 Å². The Morgan fingerprint density at radius 3 is 2.78 bits per heavy atom. The van der Waals surface area contributed by atoms with E-state index < -0.39 is 11.8 Å². The smallest absolute Gasteiger partial charge is 0.356 e. The number of nitrogens with zero attached hydrogens (tertiary/aromatic N) is 1. The van der Waals surface area contributed by atoms with Gasteiger partial charge >= 0.3 is 5.97 Å². The van der Waals surface area contributed by atoms with Gasteiger partial charge in [0, 0.05) is 12.1 Å². The first kappa shape index (κ1) is 12.3. The number of hydrogen-bond acceptors (Lipinski definition) is 3. The molecule has 1 N–H and O–H groups in total. The summed E-state index contributed by atoms with van der Waals surface area (Å²) in [6.07, 6.45) is 0. The largest absolute Gasteiger partial charge is 0.476 e. The Bertz CT molecular complexity index is 604. The monoisotopic (exact) mass is 267 g/mol. The number of carboxylic acid groups (broad SMARTS) is 1. The third-order valence-corrected chi connectivity index (χ3v) is 2.35. The Morgan fingerprint density at radius 1 is 1.33 bits per heavy atom. The maximum Gasteiger partial charge on any atom is 0.356 e. The van der Waals surface area contributed by atoms with Crippen molar-refractivity contribution >= 4 is 17.6 Å². The molecule has 0 aliphatic rings. The molecule has 0 spiro atoms. The van der Waals surface area contributed by atoms with Gasteiger partial charge in [0.2, 0.25) is 5.88 Å². The molecule has 1 aromatic carbocycles. The van der Waals surface area contributed by atoms with Crippen LogP contribution in [0.5, 0.6) is 11.6 Å². The van der Waals surface area contributed by atoms with Crippen molar-refractivity contribution < 1.29 is 19.0 Å². The van der Waals surface area contributed by atoms with Crippen molar-refractivity contribution in [2.75, 3.05) is 0 Å². The molecule has 18 heavy (non-hydrogen) atoms. The van der Waals surface area contributed by atoms with Gasteiger partial charge < -0.3 is 9.84 Å². The average molecular weight is 268 g/mol. The normalized spacial score (nSPS) is 10.1. The summed E-state index contributed by atoms with van der Waals surface area (Å²) in [5.41, 5.74) is -0.314. The molecule has 0 atom stereocenters. The zero-order valence-electron chi connectivity index (χ0n) is 8.93. The molecular weight excluding hydrogens is 261 g/mol. The van der Waals surface area contributed by atoms with Crippen LogP contribution in [-0.4, -0.2) is 16.1 Å². The Labute approximate surface area is 107 Å². The van der Waals surface area contributed by atoms with E-state index in [-0.39, 0.29) is 22.3 Å². The van der Waals surface area contributed by atoms with Crippen LogP contribution < -0.4 is 4.74 Å². The van der Waals surface area contributed by atoms with Crippen LogP contribution in [0.3, 0.4) is 0 Å². The highest BCUT2D eigenvalue weighted by molar-refractivity contribution is 6.33. The number of pyridine rings is 1. The lowest BCUT2D eigenvalue weighted by atomic mass is 10.3. The Balaban J connectivity index is 2.30. The molecule has 2 aromatic rings. The van der Waals surface area contributed by atoms with E-state index >= 15 is 0 Å². The molecule has 0 aliphatic carbocycles. The number of carboxylic acids is 1. The van der Waals surface area contributed by atoms with Crippen molar-refractivity contribution in [3.8, 4) is 11.6 Å². The van der Waals surface area contributed by atoms with Crippen LogP contribution in [0.15, 0.2) is 36.4 Å². The van der Waals surface area contributed by atoms with E-state index in [2.05, 4.69) is 4.98 Å². The lowest BCUT2D eigenvalue weighted by Gasteiger charge is -2.06. The summed E-state index contributed by atoms with van der Waals surface area (Å²) < 4.78 is 18.2. The number of benzene rings is 1. The second kappa shape index (κ2) is 5.01. The Morgan fingerprint density at radius 2 is 2.11 bits per heavy atom. The first-order valence-electron chi connectivity index (χ1n) is 4.89. The fourth-order valence-corrected chi connectivity index (χ4v) is 1.47. The number of aromatic carboxylic acids is 1. The Kier molecular flexibility index (Phi) is 3.43. The fraction of sp³-hybridized carbons (Fsp3) is 0. The van der Waals surface area contributed by atoms with Crippen molar-refractivity contribution in [2.45, 2.75) is 0 Å². The van der Waals surface area contributed by atoms with Gasteiger partial charge in [0.1, 0.15) is 11.6 Å².